The van der Waals surface area contributed by atoms with Crippen molar-refractivity contribution in [2.45, 2.75) is 19.4 Å². The van der Waals surface area contributed by atoms with Gasteiger partial charge in [-0.15, -0.1) is 0 Å². The van der Waals surface area contributed by atoms with Gasteiger partial charge >= 0.3 is 5.97 Å². The fourth-order valence-corrected chi connectivity index (χ4v) is 1.83. The first-order chi connectivity index (χ1) is 10.6. The largest absolute Gasteiger partial charge is 0.490 e. The van der Waals surface area contributed by atoms with E-state index in [9.17, 15) is 9.59 Å². The molecular formula is C17H21NO4. The van der Waals surface area contributed by atoms with Crippen LogP contribution in [0.4, 0.5) is 0 Å². The zero-order chi connectivity index (χ0) is 16.4. The van der Waals surface area contributed by atoms with Crippen LogP contribution in [0.3, 0.4) is 0 Å². The fourth-order valence-electron chi connectivity index (χ4n) is 1.83. The number of benzene rings is 1. The second kappa shape index (κ2) is 9.39. The van der Waals surface area contributed by atoms with Crippen LogP contribution < -0.4 is 10.1 Å². The molecule has 0 aliphatic heterocycles. The average Bonchev–Trinajstić information content (AvgIpc) is 2.50. The highest BCUT2D eigenvalue weighted by atomic mass is 16.5. The number of amides is 1. The lowest BCUT2D eigenvalue weighted by Gasteiger charge is -2.17. The highest BCUT2D eigenvalue weighted by Crippen LogP contribution is 2.15. The van der Waals surface area contributed by atoms with Crippen LogP contribution in [0.5, 0.6) is 5.75 Å². The van der Waals surface area contributed by atoms with E-state index in [1.807, 2.05) is 24.3 Å². The Labute approximate surface area is 130 Å². The van der Waals surface area contributed by atoms with E-state index in [-0.39, 0.29) is 12.5 Å². The van der Waals surface area contributed by atoms with E-state index in [1.54, 1.807) is 6.08 Å². The molecule has 0 aliphatic carbocycles. The third-order valence-electron chi connectivity index (χ3n) is 2.71. The summed E-state index contributed by atoms with van der Waals surface area (Å²) in [5.41, 5.74) is 0.857. The maximum atomic E-state index is 12.0. The lowest BCUT2D eigenvalue weighted by atomic mass is 10.1. The fraction of sp³-hybridized carbons (Fsp3) is 0.294. The van der Waals surface area contributed by atoms with Gasteiger partial charge in [0.1, 0.15) is 25.0 Å². The summed E-state index contributed by atoms with van der Waals surface area (Å²) in [7, 11) is 0. The van der Waals surface area contributed by atoms with Gasteiger partial charge in [0, 0.05) is 13.3 Å². The molecule has 1 rings (SSSR count). The average molecular weight is 303 g/mol. The second-order valence-corrected chi connectivity index (χ2v) is 4.62. The van der Waals surface area contributed by atoms with Crippen molar-refractivity contribution in [3.63, 3.8) is 0 Å². The predicted molar refractivity (Wildman–Crippen MR) is 84.6 cm³/mol. The van der Waals surface area contributed by atoms with Gasteiger partial charge in [-0.2, -0.15) is 0 Å². The third-order valence-corrected chi connectivity index (χ3v) is 2.71. The van der Waals surface area contributed by atoms with Crippen molar-refractivity contribution in [3.8, 4) is 5.75 Å². The minimum atomic E-state index is -0.743. The molecule has 0 saturated heterocycles. The Hall–Kier alpha value is -2.56. The first-order valence-corrected chi connectivity index (χ1v) is 6.94. The molecule has 1 aromatic carbocycles. The highest BCUT2D eigenvalue weighted by Gasteiger charge is 2.21. The molecule has 22 heavy (non-hydrogen) atoms. The Morgan fingerprint density at radius 3 is 2.64 bits per heavy atom. The van der Waals surface area contributed by atoms with Gasteiger partial charge in [0.2, 0.25) is 5.91 Å². The van der Waals surface area contributed by atoms with Gasteiger partial charge in [0.15, 0.2) is 0 Å². The summed E-state index contributed by atoms with van der Waals surface area (Å²) in [6.07, 6.45) is 3.45. The maximum Gasteiger partial charge on any atom is 0.329 e. The zero-order valence-corrected chi connectivity index (χ0v) is 12.7. The lowest BCUT2D eigenvalue weighted by Crippen LogP contribution is -2.42. The van der Waals surface area contributed by atoms with Gasteiger partial charge in [0.05, 0.1) is 0 Å². The summed E-state index contributed by atoms with van der Waals surface area (Å²) in [4.78, 5) is 23.2. The van der Waals surface area contributed by atoms with E-state index in [4.69, 9.17) is 9.47 Å². The molecule has 0 aliphatic rings. The molecule has 1 N–H and O–H groups in total. The van der Waals surface area contributed by atoms with Crippen molar-refractivity contribution in [1.29, 1.82) is 0 Å². The Morgan fingerprint density at radius 2 is 2.00 bits per heavy atom. The molecule has 118 valence electrons. The van der Waals surface area contributed by atoms with Crippen molar-refractivity contribution < 1.29 is 19.1 Å². The number of carbonyl (C=O) groups is 2. The minimum absolute atomic E-state index is 0.109. The Kier molecular flexibility index (Phi) is 7.47. The SMILES string of the molecule is C=CCOC(=O)[C@H](Cc1cccc(OCC=C)c1)NC(C)=O. The van der Waals surface area contributed by atoms with Gasteiger partial charge in [-0.05, 0) is 17.7 Å². The van der Waals surface area contributed by atoms with Crippen molar-refractivity contribution in [1.82, 2.24) is 5.32 Å². The normalized spacial score (nSPS) is 11.1. The van der Waals surface area contributed by atoms with Crippen LogP contribution in [-0.4, -0.2) is 31.1 Å². The van der Waals surface area contributed by atoms with Crippen molar-refractivity contribution in [2.75, 3.05) is 13.2 Å². The predicted octanol–water partition coefficient (Wildman–Crippen LogP) is 2.03. The van der Waals surface area contributed by atoms with Crippen LogP contribution in [0.15, 0.2) is 49.6 Å². The van der Waals surface area contributed by atoms with E-state index < -0.39 is 12.0 Å². The number of carbonyl (C=O) groups excluding carboxylic acids is 2. The van der Waals surface area contributed by atoms with E-state index in [0.29, 0.717) is 18.8 Å². The van der Waals surface area contributed by atoms with E-state index in [2.05, 4.69) is 18.5 Å². The van der Waals surface area contributed by atoms with Gasteiger partial charge in [0.25, 0.3) is 0 Å². The number of nitrogens with one attached hydrogen (secondary N) is 1. The van der Waals surface area contributed by atoms with Crippen molar-refractivity contribution in [2.24, 2.45) is 0 Å². The molecule has 1 amide bonds. The molecule has 0 aromatic heterocycles. The monoisotopic (exact) mass is 303 g/mol. The molecule has 0 unspecified atom stereocenters. The van der Waals surface area contributed by atoms with Crippen LogP contribution in [0.2, 0.25) is 0 Å². The molecule has 1 aromatic rings. The van der Waals surface area contributed by atoms with E-state index in [1.165, 1.54) is 13.0 Å². The van der Waals surface area contributed by atoms with Crippen LogP contribution >= 0.6 is 0 Å². The minimum Gasteiger partial charge on any atom is -0.490 e. The van der Waals surface area contributed by atoms with Gasteiger partial charge < -0.3 is 14.8 Å². The standard InChI is InChI=1S/C17H21NO4/c1-4-9-21-15-8-6-7-14(11-15)12-16(18-13(3)19)17(20)22-10-5-2/h4-8,11,16H,1-2,9-10,12H2,3H3,(H,18,19)/t16-/m0/s1. The Balaban J connectivity index is 2.79. The molecule has 0 spiro atoms. The molecule has 0 fully saturated rings. The summed E-state index contributed by atoms with van der Waals surface area (Å²) in [5.74, 6) is -0.106. The molecule has 0 saturated carbocycles. The number of esters is 1. The molecule has 0 heterocycles. The molecule has 0 radical (unpaired) electrons. The highest BCUT2D eigenvalue weighted by molar-refractivity contribution is 5.83. The summed E-state index contributed by atoms with van der Waals surface area (Å²) in [5, 5.41) is 2.59. The molecule has 1 atom stereocenters. The van der Waals surface area contributed by atoms with Crippen LogP contribution in [0.1, 0.15) is 12.5 Å². The van der Waals surface area contributed by atoms with Crippen LogP contribution in [-0.2, 0) is 20.7 Å². The van der Waals surface area contributed by atoms with Gasteiger partial charge in [-0.3, -0.25) is 4.79 Å². The second-order valence-electron chi connectivity index (χ2n) is 4.62. The number of hydrogen-bond acceptors (Lipinski definition) is 4. The lowest BCUT2D eigenvalue weighted by molar-refractivity contribution is -0.146. The first kappa shape index (κ1) is 17.5. The van der Waals surface area contributed by atoms with Crippen molar-refractivity contribution in [3.05, 3.63) is 55.1 Å². The quantitative estimate of drug-likeness (QED) is 0.560. The number of hydrogen-bond donors (Lipinski definition) is 1. The Bertz CT molecular complexity index is 539. The molecular weight excluding hydrogens is 282 g/mol. The third kappa shape index (κ3) is 6.26. The van der Waals surface area contributed by atoms with E-state index in [0.717, 1.165) is 5.56 Å². The summed E-state index contributed by atoms with van der Waals surface area (Å²) in [6.45, 7) is 8.95. The molecule has 0 bridgehead atoms. The zero-order valence-electron chi connectivity index (χ0n) is 12.7. The summed E-state index contributed by atoms with van der Waals surface area (Å²) in [6, 6.07) is 6.58. The maximum absolute atomic E-state index is 12.0. The summed E-state index contributed by atoms with van der Waals surface area (Å²) < 4.78 is 10.5. The number of ether oxygens (including phenoxy) is 2. The van der Waals surface area contributed by atoms with E-state index >= 15 is 0 Å². The number of rotatable bonds is 9. The van der Waals surface area contributed by atoms with Crippen LogP contribution in [0.25, 0.3) is 0 Å². The van der Waals surface area contributed by atoms with Gasteiger partial charge in [-0.1, -0.05) is 37.4 Å². The summed E-state index contributed by atoms with van der Waals surface area (Å²) >= 11 is 0. The first-order valence-electron chi connectivity index (χ1n) is 6.94. The van der Waals surface area contributed by atoms with Gasteiger partial charge in [-0.25, -0.2) is 4.79 Å². The molecule has 5 nitrogen and oxygen atoms in total. The molecule has 5 heteroatoms. The Morgan fingerprint density at radius 1 is 1.27 bits per heavy atom. The van der Waals surface area contributed by atoms with Crippen LogP contribution in [0, 0.1) is 0 Å². The smallest absolute Gasteiger partial charge is 0.329 e. The van der Waals surface area contributed by atoms with Crippen molar-refractivity contribution >= 4 is 11.9 Å². The topological polar surface area (TPSA) is 64.6 Å².